The van der Waals surface area contributed by atoms with Gasteiger partial charge in [0.15, 0.2) is 0 Å². The van der Waals surface area contributed by atoms with Crippen molar-refractivity contribution in [2.75, 3.05) is 6.61 Å². The van der Waals surface area contributed by atoms with Crippen LogP contribution in [0.2, 0.25) is 0 Å². The molecule has 1 aliphatic carbocycles. The normalized spacial score (nSPS) is 34.6. The second kappa shape index (κ2) is 5.06. The predicted octanol–water partition coefficient (Wildman–Crippen LogP) is 3.59. The lowest BCUT2D eigenvalue weighted by Gasteiger charge is -2.38. The highest BCUT2D eigenvalue weighted by Crippen LogP contribution is 2.58. The van der Waals surface area contributed by atoms with Gasteiger partial charge in [-0.2, -0.15) is 13.2 Å². The summed E-state index contributed by atoms with van der Waals surface area (Å²) in [6.07, 6.45) is 0.417. The van der Waals surface area contributed by atoms with Crippen LogP contribution in [0.25, 0.3) is 0 Å². The van der Waals surface area contributed by atoms with E-state index in [1.807, 2.05) is 0 Å². The van der Waals surface area contributed by atoms with Gasteiger partial charge in [-0.15, -0.1) is 6.58 Å². The highest BCUT2D eigenvalue weighted by atomic mass is 19.4. The van der Waals surface area contributed by atoms with Crippen molar-refractivity contribution in [3.63, 3.8) is 0 Å². The summed E-state index contributed by atoms with van der Waals surface area (Å²) in [4.78, 5) is 11.8. The Labute approximate surface area is 116 Å². The van der Waals surface area contributed by atoms with Crippen molar-refractivity contribution in [2.45, 2.75) is 51.0 Å². The predicted molar refractivity (Wildman–Crippen MR) is 65.7 cm³/mol. The number of hydrogen-bond donors (Lipinski definition) is 0. The van der Waals surface area contributed by atoms with Gasteiger partial charge in [0.2, 0.25) is 5.79 Å². The summed E-state index contributed by atoms with van der Waals surface area (Å²) in [6, 6.07) is 0. The summed E-state index contributed by atoms with van der Waals surface area (Å²) in [6.45, 7) is 4.91. The smallest absolute Gasteiger partial charge is 0.401 e. The third kappa shape index (κ3) is 2.34. The molecule has 0 N–H and O–H groups in total. The van der Waals surface area contributed by atoms with Gasteiger partial charge < -0.3 is 9.47 Å². The molecule has 0 aromatic heterocycles. The highest BCUT2D eigenvalue weighted by Gasteiger charge is 2.62. The van der Waals surface area contributed by atoms with Gasteiger partial charge in [-0.3, -0.25) is 4.79 Å². The minimum Gasteiger partial charge on any atom is -0.432 e. The van der Waals surface area contributed by atoms with E-state index < -0.39 is 29.3 Å². The highest BCUT2D eigenvalue weighted by molar-refractivity contribution is 5.73. The lowest BCUT2D eigenvalue weighted by molar-refractivity contribution is -0.255. The lowest BCUT2D eigenvalue weighted by atomic mass is 9.77. The average Bonchev–Trinajstić information content (AvgIpc) is 2.81. The summed E-state index contributed by atoms with van der Waals surface area (Å²) in [5, 5.41) is 0. The minimum absolute atomic E-state index is 0.404. The number of ether oxygens (including phenoxy) is 2. The molecule has 2 aliphatic rings. The van der Waals surface area contributed by atoms with Crippen LogP contribution in [0, 0.1) is 11.3 Å². The van der Waals surface area contributed by atoms with Crippen molar-refractivity contribution >= 4 is 5.97 Å². The van der Waals surface area contributed by atoms with Crippen molar-refractivity contribution in [2.24, 2.45) is 11.3 Å². The van der Waals surface area contributed by atoms with Gasteiger partial charge in [-0.05, 0) is 32.6 Å². The van der Waals surface area contributed by atoms with Gasteiger partial charge in [0.05, 0.1) is 6.61 Å². The van der Waals surface area contributed by atoms with Crippen LogP contribution in [0.4, 0.5) is 13.2 Å². The van der Waals surface area contributed by atoms with E-state index in [-0.39, 0.29) is 0 Å². The summed E-state index contributed by atoms with van der Waals surface area (Å²) in [5.41, 5.74) is -0.407. The molecule has 3 unspecified atom stereocenters. The van der Waals surface area contributed by atoms with Crippen molar-refractivity contribution < 1.29 is 27.4 Å². The van der Waals surface area contributed by atoms with Gasteiger partial charge in [-0.1, -0.05) is 6.08 Å². The maximum absolute atomic E-state index is 12.6. The van der Waals surface area contributed by atoms with Crippen LogP contribution in [0.1, 0.15) is 39.0 Å². The topological polar surface area (TPSA) is 35.5 Å². The molecule has 114 valence electrons. The maximum Gasteiger partial charge on any atom is 0.401 e. The molecule has 6 heteroatoms. The molecular formula is C14H19F3O3. The van der Waals surface area contributed by atoms with Gasteiger partial charge in [0.25, 0.3) is 0 Å². The molecule has 2 fully saturated rings. The molecule has 0 radical (unpaired) electrons. The van der Waals surface area contributed by atoms with Crippen LogP contribution in [-0.4, -0.2) is 24.5 Å². The Hall–Kier alpha value is -1.04. The minimum atomic E-state index is -4.59. The number of allylic oxidation sites excluding steroid dienone is 1. The van der Waals surface area contributed by atoms with E-state index in [1.54, 1.807) is 6.08 Å². The summed E-state index contributed by atoms with van der Waals surface area (Å²) >= 11 is 0. The van der Waals surface area contributed by atoms with Gasteiger partial charge >= 0.3 is 12.1 Å². The largest absolute Gasteiger partial charge is 0.432 e. The molecule has 0 aromatic rings. The Morgan fingerprint density at radius 1 is 1.45 bits per heavy atom. The van der Waals surface area contributed by atoms with E-state index in [4.69, 9.17) is 9.47 Å². The van der Waals surface area contributed by atoms with E-state index in [2.05, 4.69) is 6.58 Å². The molecule has 1 aliphatic heterocycles. The Morgan fingerprint density at radius 3 is 2.75 bits per heavy atom. The van der Waals surface area contributed by atoms with Gasteiger partial charge in [-0.25, -0.2) is 0 Å². The summed E-state index contributed by atoms with van der Waals surface area (Å²) in [5.74, 6) is -4.59. The zero-order valence-corrected chi connectivity index (χ0v) is 11.5. The van der Waals surface area contributed by atoms with Crippen LogP contribution in [0.5, 0.6) is 0 Å². The number of hydrogen-bond acceptors (Lipinski definition) is 3. The van der Waals surface area contributed by atoms with Crippen molar-refractivity contribution in [1.29, 1.82) is 0 Å². The summed E-state index contributed by atoms with van der Waals surface area (Å²) < 4.78 is 48.6. The molecule has 0 bridgehead atoms. The third-order valence-electron chi connectivity index (χ3n) is 4.53. The fraction of sp³-hybridized carbons (Fsp3) is 0.786. The van der Waals surface area contributed by atoms with E-state index in [0.29, 0.717) is 25.9 Å². The fourth-order valence-electron chi connectivity index (χ4n) is 3.28. The first-order valence-corrected chi connectivity index (χ1v) is 6.81. The van der Waals surface area contributed by atoms with Crippen molar-refractivity contribution in [1.82, 2.24) is 0 Å². The molecule has 3 atom stereocenters. The molecule has 0 aromatic carbocycles. The Balaban J connectivity index is 2.18. The van der Waals surface area contributed by atoms with Crippen LogP contribution in [0.3, 0.4) is 0 Å². The monoisotopic (exact) mass is 292 g/mol. The molecule has 2 rings (SSSR count). The second-order valence-electron chi connectivity index (χ2n) is 5.66. The zero-order chi connectivity index (χ0) is 15.0. The second-order valence-corrected chi connectivity index (χ2v) is 5.66. The van der Waals surface area contributed by atoms with E-state index in [0.717, 1.165) is 19.8 Å². The van der Waals surface area contributed by atoms with E-state index in [9.17, 15) is 18.0 Å². The molecule has 1 heterocycles. The number of alkyl halides is 3. The standard InChI is InChI=1S/C14H19F3O3/c1-3-5-12-6-4-7-13(12,19-9-8-12)20-11(18)10(2)14(15,16)17/h3,10H,1,4-9H2,2H3. The number of esters is 1. The molecule has 1 saturated heterocycles. The SMILES string of the molecule is C=CCC12CCCC1(OC(=O)C(C)C(F)(F)F)OCC2. The van der Waals surface area contributed by atoms with Gasteiger partial charge in [0.1, 0.15) is 5.92 Å². The van der Waals surface area contributed by atoms with E-state index in [1.165, 1.54) is 0 Å². The van der Waals surface area contributed by atoms with Gasteiger partial charge in [0, 0.05) is 11.8 Å². The number of carbonyl (C=O) groups is 1. The molecule has 0 amide bonds. The molecular weight excluding hydrogens is 273 g/mol. The number of fused-ring (bicyclic) bond motifs is 1. The van der Waals surface area contributed by atoms with E-state index >= 15 is 0 Å². The Morgan fingerprint density at radius 2 is 2.15 bits per heavy atom. The first-order valence-electron chi connectivity index (χ1n) is 6.81. The number of rotatable bonds is 4. The molecule has 0 spiro atoms. The lowest BCUT2D eigenvalue weighted by Crippen LogP contribution is -2.46. The Bertz CT molecular complexity index is 393. The fourth-order valence-corrected chi connectivity index (χ4v) is 3.28. The van der Waals surface area contributed by atoms with Crippen LogP contribution in [0.15, 0.2) is 12.7 Å². The zero-order valence-electron chi connectivity index (χ0n) is 11.5. The van der Waals surface area contributed by atoms with Crippen LogP contribution in [-0.2, 0) is 14.3 Å². The molecule has 20 heavy (non-hydrogen) atoms. The first-order chi connectivity index (χ1) is 9.26. The maximum atomic E-state index is 12.6. The third-order valence-corrected chi connectivity index (χ3v) is 4.53. The van der Waals surface area contributed by atoms with Crippen LogP contribution < -0.4 is 0 Å². The first kappa shape index (κ1) is 15.4. The van der Waals surface area contributed by atoms with Crippen LogP contribution >= 0.6 is 0 Å². The average molecular weight is 292 g/mol. The number of halogens is 3. The quantitative estimate of drug-likeness (QED) is 0.587. The summed E-state index contributed by atoms with van der Waals surface area (Å²) in [7, 11) is 0. The Kier molecular flexibility index (Phi) is 3.88. The van der Waals surface area contributed by atoms with Crippen molar-refractivity contribution in [3.05, 3.63) is 12.7 Å². The molecule has 1 saturated carbocycles. The molecule has 3 nitrogen and oxygen atoms in total. The van der Waals surface area contributed by atoms with Crippen molar-refractivity contribution in [3.8, 4) is 0 Å². The number of carbonyl (C=O) groups excluding carboxylic acids is 1.